The van der Waals surface area contributed by atoms with Crippen LogP contribution in [-0.2, 0) is 22.4 Å². The van der Waals surface area contributed by atoms with Gasteiger partial charge in [0.15, 0.2) is 6.10 Å². The van der Waals surface area contributed by atoms with Crippen molar-refractivity contribution < 1.29 is 37.0 Å². The molecule has 0 saturated heterocycles. The molecule has 0 radical (unpaired) electrons. The molecule has 0 amide bonds. The van der Waals surface area contributed by atoms with Crippen LogP contribution in [0.3, 0.4) is 0 Å². The maximum absolute atomic E-state index is 13.5. The largest absolute Gasteiger partial charge is 0.494 e. The summed E-state index contributed by atoms with van der Waals surface area (Å²) in [5.74, 6) is -0.703. The van der Waals surface area contributed by atoms with Crippen molar-refractivity contribution in [1.82, 2.24) is 0 Å². The highest BCUT2D eigenvalue weighted by Crippen LogP contribution is 2.33. The first-order valence-corrected chi connectivity index (χ1v) is 18.6. The standard InChI is InChI=1S/C42H53F3O5/c1-3-5-7-9-10-11-12-14-28-48-37-25-22-32(23-26-37)31-16-18-33(19-17-31)40(46)49-38-27-24-34-29-36(21-20-35(34)30-38)41(47)50-39(42(43,44)45)15-13-8-6-4-2/h16-19,22-27,30,36,39H,3-15,20-21,28-29H2,1-2H3. The summed E-state index contributed by atoms with van der Waals surface area (Å²) in [4.78, 5) is 25.7. The zero-order chi connectivity index (χ0) is 35.8. The van der Waals surface area contributed by atoms with Crippen LogP contribution in [-0.4, -0.2) is 30.8 Å². The Kier molecular flexibility index (Phi) is 15.7. The highest BCUT2D eigenvalue weighted by atomic mass is 19.4. The summed E-state index contributed by atoms with van der Waals surface area (Å²) in [5.41, 5.74) is 4.15. The minimum Gasteiger partial charge on any atom is -0.494 e. The summed E-state index contributed by atoms with van der Waals surface area (Å²) in [6.07, 6.45) is 7.20. The number of fused-ring (bicyclic) bond motifs is 1. The van der Waals surface area contributed by atoms with E-state index in [1.807, 2.05) is 43.3 Å². The van der Waals surface area contributed by atoms with Crippen LogP contribution in [0.1, 0.15) is 125 Å². The molecule has 8 heteroatoms. The molecule has 0 bridgehead atoms. The fourth-order valence-electron chi connectivity index (χ4n) is 6.41. The van der Waals surface area contributed by atoms with Gasteiger partial charge in [-0.2, -0.15) is 13.2 Å². The molecule has 0 N–H and O–H groups in total. The molecule has 272 valence electrons. The molecular formula is C42H53F3O5. The fraction of sp³-hybridized carbons (Fsp3) is 0.524. The number of halogens is 3. The molecule has 0 aliphatic heterocycles. The first-order chi connectivity index (χ1) is 24.2. The highest BCUT2D eigenvalue weighted by Gasteiger charge is 2.43. The first kappa shape index (κ1) is 39.0. The molecule has 2 atom stereocenters. The van der Waals surface area contributed by atoms with Gasteiger partial charge in [-0.3, -0.25) is 4.79 Å². The van der Waals surface area contributed by atoms with Crippen LogP contribution in [0.25, 0.3) is 11.1 Å². The Morgan fingerprint density at radius 1 is 0.720 bits per heavy atom. The molecule has 0 fully saturated rings. The molecule has 0 aromatic heterocycles. The molecule has 3 aromatic rings. The van der Waals surface area contributed by atoms with E-state index in [0.29, 0.717) is 37.0 Å². The van der Waals surface area contributed by atoms with Gasteiger partial charge in [-0.1, -0.05) is 108 Å². The Hall–Kier alpha value is -3.81. The van der Waals surface area contributed by atoms with E-state index in [0.717, 1.165) is 53.9 Å². The third-order valence-electron chi connectivity index (χ3n) is 9.47. The van der Waals surface area contributed by atoms with Gasteiger partial charge >= 0.3 is 18.1 Å². The lowest BCUT2D eigenvalue weighted by Crippen LogP contribution is -2.37. The number of carbonyl (C=O) groups excluding carboxylic acids is 2. The summed E-state index contributed by atoms with van der Waals surface area (Å²) in [6.45, 7) is 4.95. The van der Waals surface area contributed by atoms with E-state index < -0.39 is 30.1 Å². The Morgan fingerprint density at radius 2 is 1.30 bits per heavy atom. The zero-order valence-electron chi connectivity index (χ0n) is 29.7. The van der Waals surface area contributed by atoms with Crippen LogP contribution < -0.4 is 9.47 Å². The lowest BCUT2D eigenvalue weighted by Gasteiger charge is -2.27. The number of rotatable bonds is 20. The second-order valence-corrected chi connectivity index (χ2v) is 13.5. The van der Waals surface area contributed by atoms with Crippen LogP contribution in [0, 0.1) is 5.92 Å². The third kappa shape index (κ3) is 12.5. The molecule has 1 aliphatic rings. The SMILES string of the molecule is CCCCCCCCCCOc1ccc(-c2ccc(C(=O)Oc3ccc4c(c3)CCC(C(=O)OC(CCCCCC)C(F)(F)F)C4)cc2)cc1. The fourth-order valence-corrected chi connectivity index (χ4v) is 6.41. The Morgan fingerprint density at radius 3 is 1.94 bits per heavy atom. The Balaban J connectivity index is 1.23. The van der Waals surface area contributed by atoms with Crippen molar-refractivity contribution in [2.45, 2.75) is 129 Å². The average Bonchev–Trinajstić information content (AvgIpc) is 3.11. The van der Waals surface area contributed by atoms with Gasteiger partial charge in [0, 0.05) is 0 Å². The summed E-state index contributed by atoms with van der Waals surface area (Å²) >= 11 is 0. The number of hydrogen-bond acceptors (Lipinski definition) is 5. The molecule has 0 heterocycles. The van der Waals surface area contributed by atoms with E-state index in [1.54, 1.807) is 30.3 Å². The molecule has 2 unspecified atom stereocenters. The number of carbonyl (C=O) groups is 2. The van der Waals surface area contributed by atoms with Gasteiger partial charge in [-0.15, -0.1) is 0 Å². The van der Waals surface area contributed by atoms with Gasteiger partial charge in [0.25, 0.3) is 0 Å². The Bertz CT molecular complexity index is 1470. The number of unbranched alkanes of at least 4 members (excludes halogenated alkanes) is 10. The summed E-state index contributed by atoms with van der Waals surface area (Å²) < 4.78 is 57.2. The number of ether oxygens (including phenoxy) is 3. The van der Waals surface area contributed by atoms with Crippen LogP contribution in [0.5, 0.6) is 11.5 Å². The van der Waals surface area contributed by atoms with Gasteiger partial charge < -0.3 is 14.2 Å². The van der Waals surface area contributed by atoms with E-state index in [9.17, 15) is 22.8 Å². The monoisotopic (exact) mass is 694 g/mol. The maximum Gasteiger partial charge on any atom is 0.425 e. The van der Waals surface area contributed by atoms with Crippen LogP contribution >= 0.6 is 0 Å². The predicted octanol–water partition coefficient (Wildman–Crippen LogP) is 11.6. The topological polar surface area (TPSA) is 61.8 Å². The molecule has 1 aliphatic carbocycles. The summed E-state index contributed by atoms with van der Waals surface area (Å²) in [6, 6.07) is 20.4. The molecule has 0 spiro atoms. The van der Waals surface area contributed by atoms with Gasteiger partial charge in [-0.05, 0) is 97.2 Å². The minimum atomic E-state index is -4.58. The molecule has 4 rings (SSSR count). The van der Waals surface area contributed by atoms with E-state index in [2.05, 4.69) is 6.92 Å². The third-order valence-corrected chi connectivity index (χ3v) is 9.47. The maximum atomic E-state index is 13.5. The van der Waals surface area contributed by atoms with Crippen molar-refractivity contribution in [1.29, 1.82) is 0 Å². The number of hydrogen-bond donors (Lipinski definition) is 0. The van der Waals surface area contributed by atoms with E-state index in [-0.39, 0.29) is 12.8 Å². The quantitative estimate of drug-likeness (QED) is 0.0669. The molecule has 50 heavy (non-hydrogen) atoms. The van der Waals surface area contributed by atoms with Crippen molar-refractivity contribution in [3.63, 3.8) is 0 Å². The predicted molar refractivity (Wildman–Crippen MR) is 192 cm³/mol. The Labute approximate surface area is 295 Å². The van der Waals surface area contributed by atoms with Crippen molar-refractivity contribution >= 4 is 11.9 Å². The van der Waals surface area contributed by atoms with Gasteiger partial charge in [0.1, 0.15) is 11.5 Å². The summed E-state index contributed by atoms with van der Waals surface area (Å²) in [7, 11) is 0. The normalized spacial score (nSPS) is 14.9. The van der Waals surface area contributed by atoms with Gasteiger partial charge in [0.05, 0.1) is 18.1 Å². The highest BCUT2D eigenvalue weighted by molar-refractivity contribution is 5.91. The van der Waals surface area contributed by atoms with Crippen molar-refractivity contribution in [3.8, 4) is 22.6 Å². The van der Waals surface area contributed by atoms with Crippen LogP contribution in [0.2, 0.25) is 0 Å². The molecule has 5 nitrogen and oxygen atoms in total. The number of alkyl halides is 3. The number of esters is 2. The minimum absolute atomic E-state index is 0.210. The average molecular weight is 695 g/mol. The smallest absolute Gasteiger partial charge is 0.425 e. The second kappa shape index (κ2) is 20.1. The molecule has 0 saturated carbocycles. The van der Waals surface area contributed by atoms with E-state index >= 15 is 0 Å². The summed E-state index contributed by atoms with van der Waals surface area (Å²) in [5, 5.41) is 0. The second-order valence-electron chi connectivity index (χ2n) is 13.5. The van der Waals surface area contributed by atoms with Crippen LogP contribution in [0.15, 0.2) is 66.7 Å². The van der Waals surface area contributed by atoms with Crippen molar-refractivity contribution in [2.75, 3.05) is 6.61 Å². The van der Waals surface area contributed by atoms with Crippen molar-refractivity contribution in [3.05, 3.63) is 83.4 Å². The molecule has 3 aromatic carbocycles. The lowest BCUT2D eigenvalue weighted by molar-refractivity contribution is -0.225. The molecular weight excluding hydrogens is 641 g/mol. The number of benzene rings is 3. The van der Waals surface area contributed by atoms with E-state index in [4.69, 9.17) is 14.2 Å². The number of aryl methyl sites for hydroxylation is 1. The first-order valence-electron chi connectivity index (χ1n) is 18.6. The van der Waals surface area contributed by atoms with E-state index in [1.165, 1.54) is 44.9 Å². The van der Waals surface area contributed by atoms with Crippen LogP contribution in [0.4, 0.5) is 13.2 Å². The van der Waals surface area contributed by atoms with Gasteiger partial charge in [-0.25, -0.2) is 4.79 Å². The van der Waals surface area contributed by atoms with Gasteiger partial charge in [0.2, 0.25) is 0 Å². The lowest BCUT2D eigenvalue weighted by atomic mass is 9.84. The zero-order valence-corrected chi connectivity index (χ0v) is 29.7. The van der Waals surface area contributed by atoms with Crippen molar-refractivity contribution in [2.24, 2.45) is 5.92 Å².